The number of anilines is 1. The molecule has 0 aliphatic carbocycles. The summed E-state index contributed by atoms with van der Waals surface area (Å²) in [6.07, 6.45) is 0.127. The zero-order valence-corrected chi connectivity index (χ0v) is 15.0. The summed E-state index contributed by atoms with van der Waals surface area (Å²) in [7, 11) is 0. The third-order valence-electron chi connectivity index (χ3n) is 4.95. The van der Waals surface area contributed by atoms with Gasteiger partial charge in [-0.05, 0) is 42.8 Å². The van der Waals surface area contributed by atoms with Gasteiger partial charge in [-0.1, -0.05) is 12.1 Å². The van der Waals surface area contributed by atoms with Crippen molar-refractivity contribution < 1.29 is 14.3 Å². The highest BCUT2D eigenvalue weighted by atomic mass is 16.5. The molecule has 0 amide bonds. The molecule has 0 saturated carbocycles. The van der Waals surface area contributed by atoms with Gasteiger partial charge in [0.1, 0.15) is 17.6 Å². The van der Waals surface area contributed by atoms with Gasteiger partial charge in [-0.25, -0.2) is 0 Å². The van der Waals surface area contributed by atoms with Gasteiger partial charge in [0, 0.05) is 31.9 Å². The molecule has 0 aromatic heterocycles. The van der Waals surface area contributed by atoms with Crippen LogP contribution in [0.15, 0.2) is 42.5 Å². The van der Waals surface area contributed by atoms with E-state index in [1.165, 1.54) is 0 Å². The van der Waals surface area contributed by atoms with Crippen molar-refractivity contribution in [3.05, 3.63) is 53.6 Å². The Balaban J connectivity index is 1.54. The number of hydrogen-bond acceptors (Lipinski definition) is 5. The first-order valence-electron chi connectivity index (χ1n) is 9.27. The second-order valence-electron chi connectivity index (χ2n) is 6.65. The second kappa shape index (κ2) is 7.38. The number of nitrogens with zero attached hydrogens (tertiary/aromatic N) is 1. The van der Waals surface area contributed by atoms with E-state index in [0.29, 0.717) is 24.3 Å². The molecule has 2 aromatic carbocycles. The minimum atomic E-state index is -0.240. The molecule has 136 valence electrons. The third-order valence-corrected chi connectivity index (χ3v) is 4.95. The highest BCUT2D eigenvalue weighted by molar-refractivity contribution is 6.01. The molecule has 1 unspecified atom stereocenters. The van der Waals surface area contributed by atoms with Crippen molar-refractivity contribution in [3.8, 4) is 11.5 Å². The minimum Gasteiger partial charge on any atom is -0.494 e. The molecule has 0 bridgehead atoms. The zero-order chi connectivity index (χ0) is 17.9. The predicted molar refractivity (Wildman–Crippen MR) is 101 cm³/mol. The number of ketones is 1. The number of Topliss-reactive ketones (excluding diaryl/α,β-unsaturated/α-hetero) is 1. The summed E-state index contributed by atoms with van der Waals surface area (Å²) in [4.78, 5) is 15.0. The molecule has 0 radical (unpaired) electrons. The van der Waals surface area contributed by atoms with Crippen LogP contribution in [-0.4, -0.2) is 38.6 Å². The van der Waals surface area contributed by atoms with E-state index in [1.54, 1.807) is 0 Å². The van der Waals surface area contributed by atoms with Gasteiger partial charge in [-0.15, -0.1) is 0 Å². The topological polar surface area (TPSA) is 50.8 Å². The lowest BCUT2D eigenvalue weighted by atomic mass is 9.95. The Morgan fingerprint density at radius 2 is 1.92 bits per heavy atom. The van der Waals surface area contributed by atoms with E-state index in [4.69, 9.17) is 9.47 Å². The lowest BCUT2D eigenvalue weighted by Gasteiger charge is -2.31. The highest BCUT2D eigenvalue weighted by Gasteiger charge is 2.28. The van der Waals surface area contributed by atoms with Crippen molar-refractivity contribution in [1.82, 2.24) is 5.32 Å². The molecule has 26 heavy (non-hydrogen) atoms. The second-order valence-corrected chi connectivity index (χ2v) is 6.65. The molecule has 0 spiro atoms. The Morgan fingerprint density at radius 1 is 1.15 bits per heavy atom. The van der Waals surface area contributed by atoms with Crippen LogP contribution in [0, 0.1) is 0 Å². The van der Waals surface area contributed by atoms with Crippen LogP contribution in [0.4, 0.5) is 5.69 Å². The van der Waals surface area contributed by atoms with E-state index < -0.39 is 0 Å². The summed E-state index contributed by atoms with van der Waals surface area (Å²) < 4.78 is 11.6. The largest absolute Gasteiger partial charge is 0.494 e. The van der Waals surface area contributed by atoms with E-state index in [9.17, 15) is 4.79 Å². The van der Waals surface area contributed by atoms with Gasteiger partial charge >= 0.3 is 0 Å². The monoisotopic (exact) mass is 352 g/mol. The fraction of sp³-hybridized carbons (Fsp3) is 0.381. The van der Waals surface area contributed by atoms with Crippen molar-refractivity contribution >= 4 is 11.5 Å². The van der Waals surface area contributed by atoms with E-state index in [-0.39, 0.29) is 11.9 Å². The summed E-state index contributed by atoms with van der Waals surface area (Å²) in [5, 5.41) is 3.35. The first-order valence-corrected chi connectivity index (χ1v) is 9.27. The Kier molecular flexibility index (Phi) is 4.80. The number of rotatable bonds is 4. The summed E-state index contributed by atoms with van der Waals surface area (Å²) >= 11 is 0. The van der Waals surface area contributed by atoms with Crippen LogP contribution in [0.25, 0.3) is 0 Å². The molecule has 2 aliphatic rings. The summed E-state index contributed by atoms with van der Waals surface area (Å²) in [6, 6.07) is 13.8. The Hall–Kier alpha value is -2.53. The molecule has 4 rings (SSSR count). The van der Waals surface area contributed by atoms with Gasteiger partial charge in [0.25, 0.3) is 0 Å². The fourth-order valence-electron chi connectivity index (χ4n) is 3.56. The highest BCUT2D eigenvalue weighted by Crippen LogP contribution is 2.37. The van der Waals surface area contributed by atoms with Gasteiger partial charge < -0.3 is 19.7 Å². The average Bonchev–Trinajstić information content (AvgIpc) is 2.69. The Morgan fingerprint density at radius 3 is 2.65 bits per heavy atom. The number of fused-ring (bicyclic) bond motifs is 1. The van der Waals surface area contributed by atoms with E-state index in [0.717, 1.165) is 43.2 Å². The molecule has 1 fully saturated rings. The molecule has 2 aliphatic heterocycles. The summed E-state index contributed by atoms with van der Waals surface area (Å²) in [5.74, 6) is 1.65. The zero-order valence-electron chi connectivity index (χ0n) is 15.0. The average molecular weight is 352 g/mol. The van der Waals surface area contributed by atoms with Crippen molar-refractivity contribution in [1.29, 1.82) is 0 Å². The smallest absolute Gasteiger partial charge is 0.170 e. The van der Waals surface area contributed by atoms with Gasteiger partial charge in [0.05, 0.1) is 18.6 Å². The first-order chi connectivity index (χ1) is 12.7. The van der Waals surface area contributed by atoms with E-state index in [1.807, 2.05) is 43.3 Å². The molecular weight excluding hydrogens is 328 g/mol. The molecule has 1 saturated heterocycles. The van der Waals surface area contributed by atoms with Gasteiger partial charge in [-0.3, -0.25) is 4.79 Å². The normalized spacial score (nSPS) is 19.7. The molecule has 2 aromatic rings. The molecule has 5 nitrogen and oxygen atoms in total. The van der Waals surface area contributed by atoms with E-state index >= 15 is 0 Å². The van der Waals surface area contributed by atoms with Gasteiger partial charge in [0.2, 0.25) is 0 Å². The van der Waals surface area contributed by atoms with Crippen molar-refractivity contribution in [2.75, 3.05) is 37.7 Å². The van der Waals surface area contributed by atoms with E-state index in [2.05, 4.69) is 16.3 Å². The number of carbonyl (C=O) groups is 1. The molecule has 2 heterocycles. The lowest BCUT2D eigenvalue weighted by Crippen LogP contribution is -2.43. The van der Waals surface area contributed by atoms with Crippen LogP contribution in [0.5, 0.6) is 11.5 Å². The van der Waals surface area contributed by atoms with Crippen molar-refractivity contribution in [3.63, 3.8) is 0 Å². The van der Waals surface area contributed by atoms with Crippen LogP contribution in [0.3, 0.4) is 0 Å². The quantitative estimate of drug-likeness (QED) is 0.916. The lowest BCUT2D eigenvalue weighted by molar-refractivity contribution is 0.0850. The molecule has 1 N–H and O–H groups in total. The number of nitrogens with one attached hydrogen (secondary N) is 1. The van der Waals surface area contributed by atoms with Gasteiger partial charge in [-0.2, -0.15) is 0 Å². The third kappa shape index (κ3) is 3.40. The molecule has 1 atom stereocenters. The van der Waals surface area contributed by atoms with Crippen LogP contribution in [0.2, 0.25) is 0 Å². The van der Waals surface area contributed by atoms with Crippen LogP contribution < -0.4 is 19.7 Å². The van der Waals surface area contributed by atoms with Crippen molar-refractivity contribution in [2.24, 2.45) is 0 Å². The van der Waals surface area contributed by atoms with Gasteiger partial charge in [0.15, 0.2) is 5.78 Å². The maximum Gasteiger partial charge on any atom is 0.170 e. The maximum absolute atomic E-state index is 12.7. The van der Waals surface area contributed by atoms with Crippen LogP contribution in [-0.2, 0) is 0 Å². The summed E-state index contributed by atoms with van der Waals surface area (Å²) in [6.45, 7) is 6.47. The molecule has 5 heteroatoms. The molecular formula is C21H24N2O3. The van der Waals surface area contributed by atoms with Crippen LogP contribution >= 0.6 is 0 Å². The standard InChI is InChI=1S/C21H24N2O3/c1-2-25-17-6-3-15(4-7-17)21-14-19(24)18-13-16(5-8-20(18)26-21)23-11-9-22-10-12-23/h3-8,13,21-22H,2,9-12,14H2,1H3. The number of hydrogen-bond donors (Lipinski definition) is 1. The SMILES string of the molecule is CCOc1ccc(C2CC(=O)c3cc(N4CCNCC4)ccc3O2)cc1. The maximum atomic E-state index is 12.7. The first kappa shape index (κ1) is 16.9. The number of benzene rings is 2. The Bertz CT molecular complexity index is 782. The fourth-order valence-corrected chi connectivity index (χ4v) is 3.56. The van der Waals surface area contributed by atoms with Crippen LogP contribution in [0.1, 0.15) is 35.4 Å². The van der Waals surface area contributed by atoms with Crippen molar-refractivity contribution in [2.45, 2.75) is 19.4 Å². The number of carbonyl (C=O) groups excluding carboxylic acids is 1. The minimum absolute atomic E-state index is 0.141. The predicted octanol–water partition coefficient (Wildman–Crippen LogP) is 3.20. The number of piperazine rings is 1. The summed E-state index contributed by atoms with van der Waals surface area (Å²) in [5.41, 5.74) is 2.79. The Labute approximate surface area is 153 Å². The number of ether oxygens (including phenoxy) is 2.